The molecular formula is C10H5ClFIN2O. The zero-order valence-electron chi connectivity index (χ0n) is 7.82. The van der Waals surface area contributed by atoms with Crippen LogP contribution in [0.3, 0.4) is 0 Å². The van der Waals surface area contributed by atoms with E-state index in [1.54, 1.807) is 18.5 Å². The van der Waals surface area contributed by atoms with Gasteiger partial charge in [-0.3, -0.25) is 0 Å². The van der Waals surface area contributed by atoms with Gasteiger partial charge in [0.25, 0.3) is 0 Å². The first-order valence-corrected chi connectivity index (χ1v) is 5.72. The van der Waals surface area contributed by atoms with E-state index >= 15 is 0 Å². The van der Waals surface area contributed by atoms with Crippen LogP contribution >= 0.6 is 34.2 Å². The molecule has 0 amide bonds. The lowest BCUT2D eigenvalue weighted by Gasteiger charge is -2.05. The van der Waals surface area contributed by atoms with Crippen LogP contribution in [0.4, 0.5) is 4.39 Å². The molecule has 1 aromatic heterocycles. The van der Waals surface area contributed by atoms with Crippen molar-refractivity contribution >= 4 is 34.2 Å². The molecule has 2 aromatic rings. The molecule has 16 heavy (non-hydrogen) atoms. The lowest BCUT2D eigenvalue weighted by Crippen LogP contribution is -1.94. The molecule has 0 radical (unpaired) electrons. The average molecular weight is 351 g/mol. The number of rotatable bonds is 2. The fourth-order valence-electron chi connectivity index (χ4n) is 1.01. The predicted molar refractivity (Wildman–Crippen MR) is 66.2 cm³/mol. The van der Waals surface area contributed by atoms with Gasteiger partial charge < -0.3 is 4.74 Å². The Morgan fingerprint density at radius 3 is 2.62 bits per heavy atom. The van der Waals surface area contributed by atoms with Gasteiger partial charge in [-0.1, -0.05) is 17.7 Å². The van der Waals surface area contributed by atoms with E-state index in [1.165, 1.54) is 12.1 Å². The van der Waals surface area contributed by atoms with Crippen LogP contribution in [0.25, 0.3) is 0 Å². The van der Waals surface area contributed by atoms with Crippen molar-refractivity contribution in [3.63, 3.8) is 0 Å². The first-order valence-electron chi connectivity index (χ1n) is 4.26. The van der Waals surface area contributed by atoms with Gasteiger partial charge in [0.05, 0.1) is 5.02 Å². The van der Waals surface area contributed by atoms with Crippen molar-refractivity contribution in [1.29, 1.82) is 0 Å². The summed E-state index contributed by atoms with van der Waals surface area (Å²) in [7, 11) is 0. The Balaban J connectivity index is 2.27. The van der Waals surface area contributed by atoms with Crippen molar-refractivity contribution in [3.8, 4) is 11.8 Å². The van der Waals surface area contributed by atoms with Crippen LogP contribution in [0.1, 0.15) is 0 Å². The van der Waals surface area contributed by atoms with E-state index in [0.29, 0.717) is 0 Å². The molecule has 3 nitrogen and oxygen atoms in total. The van der Waals surface area contributed by atoms with Gasteiger partial charge in [0.15, 0.2) is 11.6 Å². The maximum Gasteiger partial charge on any atom is 0.322 e. The first-order chi connectivity index (χ1) is 7.66. The standard InChI is InChI=1S/C10H5ClFIN2O/c11-7-2-1-3-8(9(7)12)16-10-14-4-6(13)5-15-10/h1-5H. The molecule has 0 saturated carbocycles. The second kappa shape index (κ2) is 4.92. The molecule has 1 heterocycles. The number of hydrogen-bond acceptors (Lipinski definition) is 3. The molecule has 0 N–H and O–H groups in total. The third-order valence-electron chi connectivity index (χ3n) is 1.71. The van der Waals surface area contributed by atoms with E-state index in [0.717, 1.165) is 3.57 Å². The quantitative estimate of drug-likeness (QED) is 0.775. The van der Waals surface area contributed by atoms with Crippen LogP contribution < -0.4 is 4.74 Å². The van der Waals surface area contributed by atoms with Gasteiger partial charge in [-0.25, -0.2) is 14.4 Å². The molecule has 0 unspecified atom stereocenters. The van der Waals surface area contributed by atoms with Gasteiger partial charge in [0.1, 0.15) is 0 Å². The fourth-order valence-corrected chi connectivity index (χ4v) is 1.46. The van der Waals surface area contributed by atoms with Crippen LogP contribution in [0.15, 0.2) is 30.6 Å². The summed E-state index contributed by atoms with van der Waals surface area (Å²) in [6.45, 7) is 0. The van der Waals surface area contributed by atoms with Crippen LogP contribution in [0, 0.1) is 9.39 Å². The van der Waals surface area contributed by atoms with Crippen molar-refractivity contribution in [1.82, 2.24) is 9.97 Å². The molecule has 0 aliphatic rings. The molecule has 0 saturated heterocycles. The van der Waals surface area contributed by atoms with Gasteiger partial charge >= 0.3 is 6.01 Å². The van der Waals surface area contributed by atoms with Crippen LogP contribution in [0.2, 0.25) is 5.02 Å². The van der Waals surface area contributed by atoms with Crippen molar-refractivity contribution in [2.24, 2.45) is 0 Å². The second-order valence-corrected chi connectivity index (χ2v) is 4.49. The van der Waals surface area contributed by atoms with Crippen molar-refractivity contribution in [3.05, 3.63) is 45.0 Å². The van der Waals surface area contributed by atoms with Gasteiger partial charge in [0.2, 0.25) is 0 Å². The van der Waals surface area contributed by atoms with E-state index in [-0.39, 0.29) is 16.8 Å². The maximum atomic E-state index is 13.5. The summed E-state index contributed by atoms with van der Waals surface area (Å²) in [5.41, 5.74) is 0. The molecule has 2 rings (SSSR count). The lowest BCUT2D eigenvalue weighted by molar-refractivity contribution is 0.411. The SMILES string of the molecule is Fc1c(Cl)cccc1Oc1ncc(I)cn1. The largest absolute Gasteiger partial charge is 0.421 e. The minimum atomic E-state index is -0.619. The van der Waals surface area contributed by atoms with Gasteiger partial charge in [-0.15, -0.1) is 0 Å². The maximum absolute atomic E-state index is 13.5. The molecule has 82 valence electrons. The highest BCUT2D eigenvalue weighted by Crippen LogP contribution is 2.26. The minimum absolute atomic E-state index is 0.00279. The number of hydrogen-bond donors (Lipinski definition) is 0. The highest BCUT2D eigenvalue weighted by atomic mass is 127. The highest BCUT2D eigenvalue weighted by Gasteiger charge is 2.09. The summed E-state index contributed by atoms with van der Waals surface area (Å²) in [5.74, 6) is -0.611. The van der Waals surface area contributed by atoms with Crippen molar-refractivity contribution in [2.45, 2.75) is 0 Å². The number of nitrogens with zero attached hydrogens (tertiary/aromatic N) is 2. The fraction of sp³-hybridized carbons (Fsp3) is 0. The summed E-state index contributed by atoms with van der Waals surface area (Å²) in [5, 5.41) is 0.00279. The van der Waals surface area contributed by atoms with E-state index in [4.69, 9.17) is 16.3 Å². The van der Waals surface area contributed by atoms with E-state index in [9.17, 15) is 4.39 Å². The summed E-state index contributed by atoms with van der Waals surface area (Å²) in [4.78, 5) is 7.79. The molecule has 1 aromatic carbocycles. The third-order valence-corrected chi connectivity index (χ3v) is 2.56. The molecule has 0 aliphatic heterocycles. The number of aromatic nitrogens is 2. The normalized spacial score (nSPS) is 10.2. The minimum Gasteiger partial charge on any atom is -0.421 e. The highest BCUT2D eigenvalue weighted by molar-refractivity contribution is 14.1. The zero-order chi connectivity index (χ0) is 11.5. The molecule has 0 fully saturated rings. The Kier molecular flexibility index (Phi) is 3.55. The summed E-state index contributed by atoms with van der Waals surface area (Å²) < 4.78 is 19.5. The Morgan fingerprint density at radius 2 is 1.94 bits per heavy atom. The monoisotopic (exact) mass is 350 g/mol. The number of ether oxygens (including phenoxy) is 1. The van der Waals surface area contributed by atoms with E-state index in [1.807, 2.05) is 0 Å². The molecular weight excluding hydrogens is 345 g/mol. The first kappa shape index (κ1) is 11.5. The predicted octanol–water partition coefficient (Wildman–Crippen LogP) is 3.67. The van der Waals surface area contributed by atoms with Crippen LogP contribution in [0.5, 0.6) is 11.8 Å². The zero-order valence-corrected chi connectivity index (χ0v) is 10.7. The average Bonchev–Trinajstić information content (AvgIpc) is 2.28. The summed E-state index contributed by atoms with van der Waals surface area (Å²) in [6, 6.07) is 4.58. The second-order valence-electron chi connectivity index (χ2n) is 2.84. The lowest BCUT2D eigenvalue weighted by atomic mass is 10.3. The Labute approximate surface area is 110 Å². The van der Waals surface area contributed by atoms with Gasteiger partial charge in [0, 0.05) is 16.0 Å². The molecule has 0 bridgehead atoms. The van der Waals surface area contributed by atoms with Gasteiger partial charge in [-0.05, 0) is 34.7 Å². The Bertz CT molecular complexity index is 507. The Hall–Kier alpha value is -0.950. The third kappa shape index (κ3) is 2.59. The molecule has 0 spiro atoms. The topological polar surface area (TPSA) is 35.0 Å². The van der Waals surface area contributed by atoms with Crippen LogP contribution in [-0.2, 0) is 0 Å². The summed E-state index contributed by atoms with van der Waals surface area (Å²) in [6.07, 6.45) is 3.15. The van der Waals surface area contributed by atoms with Gasteiger partial charge in [-0.2, -0.15) is 0 Å². The summed E-state index contributed by atoms with van der Waals surface area (Å²) >= 11 is 7.67. The van der Waals surface area contributed by atoms with E-state index in [2.05, 4.69) is 32.6 Å². The van der Waals surface area contributed by atoms with Crippen molar-refractivity contribution in [2.75, 3.05) is 0 Å². The van der Waals surface area contributed by atoms with Crippen LogP contribution in [-0.4, -0.2) is 9.97 Å². The van der Waals surface area contributed by atoms with E-state index < -0.39 is 5.82 Å². The molecule has 0 atom stereocenters. The number of halogens is 3. The molecule has 6 heteroatoms. The van der Waals surface area contributed by atoms with Crippen molar-refractivity contribution < 1.29 is 9.13 Å². The number of benzene rings is 1. The smallest absolute Gasteiger partial charge is 0.322 e. The Morgan fingerprint density at radius 1 is 1.25 bits per heavy atom. The molecule has 0 aliphatic carbocycles.